The summed E-state index contributed by atoms with van der Waals surface area (Å²) in [5.41, 5.74) is 0. The van der Waals surface area contributed by atoms with Crippen molar-refractivity contribution in [2.45, 2.75) is 25.8 Å². The lowest BCUT2D eigenvalue weighted by molar-refractivity contribution is -0.132. The minimum Gasteiger partial charge on any atom is -0.340 e. The lowest BCUT2D eigenvalue weighted by Gasteiger charge is -2.24. The second-order valence-corrected chi connectivity index (χ2v) is 5.26. The largest absolute Gasteiger partial charge is 0.340 e. The van der Waals surface area contributed by atoms with Crippen LogP contribution in [0.3, 0.4) is 0 Å². The molecule has 2 amide bonds. The number of nitrogens with zero attached hydrogens (tertiary/aromatic N) is 3. The first-order valence-corrected chi connectivity index (χ1v) is 7.35. The van der Waals surface area contributed by atoms with E-state index < -0.39 is 6.04 Å². The first-order valence-electron chi connectivity index (χ1n) is 6.47. The monoisotopic (exact) mass is 304 g/mol. The molecule has 6 nitrogen and oxygen atoms in total. The topological polar surface area (TPSA) is 97.0 Å². The minimum atomic E-state index is -0.697. The van der Waals surface area contributed by atoms with Gasteiger partial charge in [0.05, 0.1) is 29.9 Å². The van der Waals surface area contributed by atoms with E-state index in [-0.39, 0.29) is 37.7 Å². The minimum absolute atomic E-state index is 0.197. The smallest absolute Gasteiger partial charge is 0.261 e. The third kappa shape index (κ3) is 5.25. The molecule has 21 heavy (non-hydrogen) atoms. The summed E-state index contributed by atoms with van der Waals surface area (Å²) in [6.07, 6.45) is 0.394. The molecule has 0 saturated heterocycles. The summed E-state index contributed by atoms with van der Waals surface area (Å²) in [6, 6.07) is 6.68. The molecule has 0 saturated carbocycles. The highest BCUT2D eigenvalue weighted by Crippen LogP contribution is 2.08. The van der Waals surface area contributed by atoms with Crippen LogP contribution in [-0.4, -0.2) is 35.8 Å². The number of hydrogen-bond donors (Lipinski definition) is 1. The van der Waals surface area contributed by atoms with Gasteiger partial charge in [0.25, 0.3) is 5.91 Å². The van der Waals surface area contributed by atoms with Crippen LogP contribution in [-0.2, 0) is 4.79 Å². The Hall–Kier alpha value is -2.38. The summed E-state index contributed by atoms with van der Waals surface area (Å²) < 4.78 is 0. The summed E-state index contributed by atoms with van der Waals surface area (Å²) in [6.45, 7) is 2.12. The molecule has 1 N–H and O–H groups in total. The van der Waals surface area contributed by atoms with Crippen molar-refractivity contribution in [2.75, 3.05) is 13.1 Å². The molecule has 110 valence electrons. The number of rotatable bonds is 7. The number of nitrogens with one attached hydrogen (secondary N) is 1. The molecule has 1 rings (SSSR count). The Bertz CT molecular complexity index is 539. The van der Waals surface area contributed by atoms with Crippen LogP contribution in [0.15, 0.2) is 17.5 Å². The molecule has 1 aromatic rings. The number of nitriles is 2. The van der Waals surface area contributed by atoms with Crippen LogP contribution in [0.4, 0.5) is 0 Å². The van der Waals surface area contributed by atoms with Gasteiger partial charge in [-0.2, -0.15) is 10.5 Å². The van der Waals surface area contributed by atoms with Crippen molar-refractivity contribution in [1.29, 1.82) is 10.5 Å². The summed E-state index contributed by atoms with van der Waals surface area (Å²) in [5, 5.41) is 21.6. The summed E-state index contributed by atoms with van der Waals surface area (Å²) >= 11 is 1.30. The van der Waals surface area contributed by atoms with Crippen LogP contribution in [0.5, 0.6) is 0 Å². The van der Waals surface area contributed by atoms with Crippen LogP contribution in [0.1, 0.15) is 29.4 Å². The Morgan fingerprint density at radius 3 is 2.43 bits per heavy atom. The van der Waals surface area contributed by atoms with Gasteiger partial charge >= 0.3 is 0 Å². The number of carbonyl (C=O) groups excluding carboxylic acids is 2. The van der Waals surface area contributed by atoms with E-state index in [9.17, 15) is 9.59 Å². The Morgan fingerprint density at radius 2 is 1.95 bits per heavy atom. The molecule has 1 unspecified atom stereocenters. The first-order chi connectivity index (χ1) is 10.1. The lowest BCUT2D eigenvalue weighted by atomic mass is 10.2. The average Bonchev–Trinajstić information content (AvgIpc) is 3.01. The van der Waals surface area contributed by atoms with Gasteiger partial charge in [-0.1, -0.05) is 6.07 Å². The van der Waals surface area contributed by atoms with Crippen molar-refractivity contribution < 1.29 is 9.59 Å². The quantitative estimate of drug-likeness (QED) is 0.826. The molecular weight excluding hydrogens is 288 g/mol. The van der Waals surface area contributed by atoms with Gasteiger partial charge in [-0.05, 0) is 18.4 Å². The predicted octanol–water partition coefficient (Wildman–Crippen LogP) is 1.52. The Balaban J connectivity index is 2.62. The molecule has 1 aromatic heterocycles. The van der Waals surface area contributed by atoms with Crippen LogP contribution >= 0.6 is 11.3 Å². The van der Waals surface area contributed by atoms with Crippen LogP contribution in [0.25, 0.3) is 0 Å². The maximum Gasteiger partial charge on any atom is 0.261 e. The maximum absolute atomic E-state index is 12.3. The molecule has 0 aliphatic rings. The van der Waals surface area contributed by atoms with E-state index in [1.54, 1.807) is 24.4 Å². The van der Waals surface area contributed by atoms with Crippen molar-refractivity contribution in [3.8, 4) is 12.1 Å². The van der Waals surface area contributed by atoms with Crippen molar-refractivity contribution in [3.05, 3.63) is 22.4 Å². The number of hydrogen-bond acceptors (Lipinski definition) is 5. The summed E-state index contributed by atoms with van der Waals surface area (Å²) in [4.78, 5) is 26.1. The second-order valence-electron chi connectivity index (χ2n) is 4.31. The highest BCUT2D eigenvalue weighted by Gasteiger charge is 2.22. The van der Waals surface area contributed by atoms with Gasteiger partial charge in [0.2, 0.25) is 5.91 Å². The maximum atomic E-state index is 12.3. The van der Waals surface area contributed by atoms with Gasteiger partial charge in [0.1, 0.15) is 6.04 Å². The molecule has 1 heterocycles. The molecule has 0 radical (unpaired) electrons. The second kappa shape index (κ2) is 8.72. The van der Waals surface area contributed by atoms with Crippen molar-refractivity contribution in [3.63, 3.8) is 0 Å². The lowest BCUT2D eigenvalue weighted by Crippen LogP contribution is -2.47. The van der Waals surface area contributed by atoms with E-state index in [0.29, 0.717) is 4.88 Å². The zero-order valence-corrected chi connectivity index (χ0v) is 12.5. The fraction of sp³-hybridized carbons (Fsp3) is 0.429. The Kier molecular flexibility index (Phi) is 6.93. The highest BCUT2D eigenvalue weighted by molar-refractivity contribution is 7.12. The molecule has 0 bridgehead atoms. The normalized spacial score (nSPS) is 11.0. The Labute approximate surface area is 127 Å². The fourth-order valence-corrected chi connectivity index (χ4v) is 2.34. The average molecular weight is 304 g/mol. The van der Waals surface area contributed by atoms with E-state index in [1.165, 1.54) is 16.2 Å². The number of carbonyl (C=O) groups is 2. The molecule has 0 fully saturated rings. The highest BCUT2D eigenvalue weighted by atomic mass is 32.1. The molecule has 0 aliphatic heterocycles. The van der Waals surface area contributed by atoms with Crippen molar-refractivity contribution in [1.82, 2.24) is 10.2 Å². The van der Waals surface area contributed by atoms with Crippen molar-refractivity contribution in [2.24, 2.45) is 0 Å². The number of amides is 2. The molecule has 0 aromatic carbocycles. The molecule has 0 aliphatic carbocycles. The van der Waals surface area contributed by atoms with E-state index >= 15 is 0 Å². The van der Waals surface area contributed by atoms with E-state index in [1.807, 2.05) is 12.1 Å². The van der Waals surface area contributed by atoms with Crippen molar-refractivity contribution >= 4 is 23.2 Å². The number of thiophene rings is 1. The molecule has 7 heteroatoms. The third-order valence-corrected chi connectivity index (χ3v) is 3.63. The van der Waals surface area contributed by atoms with Crippen LogP contribution < -0.4 is 5.32 Å². The summed E-state index contributed by atoms with van der Waals surface area (Å²) in [5.74, 6) is -0.586. The molecular formula is C14H16N4O2S. The van der Waals surface area contributed by atoms with Gasteiger partial charge in [0, 0.05) is 13.1 Å². The zero-order chi connectivity index (χ0) is 15.7. The molecule has 1 atom stereocenters. The molecule has 0 spiro atoms. The fourth-order valence-electron chi connectivity index (χ4n) is 1.71. The van der Waals surface area contributed by atoms with Crippen LogP contribution in [0, 0.1) is 22.7 Å². The predicted molar refractivity (Wildman–Crippen MR) is 78.3 cm³/mol. The van der Waals surface area contributed by atoms with E-state index in [2.05, 4.69) is 5.32 Å². The van der Waals surface area contributed by atoms with Gasteiger partial charge in [-0.15, -0.1) is 11.3 Å². The SMILES string of the molecule is CC(NC(=O)c1cccs1)C(=O)N(CCC#N)CCC#N. The standard InChI is InChI=1S/C14H16N4O2S/c1-11(17-13(19)12-5-2-10-21-12)14(20)18(8-3-6-15)9-4-7-16/h2,5,10-11H,3-4,8-9H2,1H3,(H,17,19). The van der Waals surface area contributed by atoms with E-state index in [0.717, 1.165) is 0 Å². The van der Waals surface area contributed by atoms with E-state index in [4.69, 9.17) is 10.5 Å². The zero-order valence-electron chi connectivity index (χ0n) is 11.7. The third-order valence-electron chi connectivity index (χ3n) is 2.76. The summed E-state index contributed by atoms with van der Waals surface area (Å²) in [7, 11) is 0. The van der Waals surface area contributed by atoms with Crippen LogP contribution in [0.2, 0.25) is 0 Å². The van der Waals surface area contributed by atoms with Gasteiger partial charge in [-0.25, -0.2) is 0 Å². The Morgan fingerprint density at radius 1 is 1.33 bits per heavy atom. The van der Waals surface area contributed by atoms with Gasteiger partial charge < -0.3 is 10.2 Å². The van der Waals surface area contributed by atoms with Gasteiger partial charge in [0.15, 0.2) is 0 Å². The first kappa shape index (κ1) is 16.7. The van der Waals surface area contributed by atoms with Gasteiger partial charge in [-0.3, -0.25) is 9.59 Å².